The number of aryl methyl sites for hydroxylation is 2. The number of fused-ring (bicyclic) bond motifs is 1. The lowest BCUT2D eigenvalue weighted by atomic mass is 10.1. The molecule has 20 heavy (non-hydrogen) atoms. The minimum Gasteiger partial charge on any atom is -0.487 e. The third-order valence-corrected chi connectivity index (χ3v) is 4.65. The van der Waals surface area contributed by atoms with Gasteiger partial charge in [-0.1, -0.05) is 51.8 Å². The van der Waals surface area contributed by atoms with Gasteiger partial charge in [0.1, 0.15) is 12.4 Å². The standard InChI is InChI=1S/C17H16BrClO/c18-10-12-5-7-17(16(19)9-12)20-11-13-4-6-14-2-1-3-15(14)8-13/h4-9H,1-3,10-11H2. The fraction of sp³-hybridized carbons (Fsp3) is 0.294. The van der Waals surface area contributed by atoms with E-state index in [1.54, 1.807) is 0 Å². The van der Waals surface area contributed by atoms with E-state index < -0.39 is 0 Å². The predicted octanol–water partition coefficient (Wildman–Crippen LogP) is 5.30. The first-order chi connectivity index (χ1) is 9.76. The Hall–Kier alpha value is -0.990. The Morgan fingerprint density at radius 3 is 2.60 bits per heavy atom. The van der Waals surface area contributed by atoms with Gasteiger partial charge in [0.15, 0.2) is 0 Å². The van der Waals surface area contributed by atoms with E-state index in [2.05, 4.69) is 34.1 Å². The molecule has 3 rings (SSSR count). The van der Waals surface area contributed by atoms with E-state index in [0.717, 1.165) is 16.6 Å². The predicted molar refractivity (Wildman–Crippen MR) is 86.9 cm³/mol. The molecule has 0 unspecified atom stereocenters. The molecular formula is C17H16BrClO. The Kier molecular flexibility index (Phi) is 4.32. The minimum absolute atomic E-state index is 0.570. The van der Waals surface area contributed by atoms with Crippen LogP contribution in [-0.2, 0) is 24.8 Å². The van der Waals surface area contributed by atoms with Crippen LogP contribution < -0.4 is 4.74 Å². The van der Waals surface area contributed by atoms with Gasteiger partial charge in [-0.3, -0.25) is 0 Å². The zero-order chi connectivity index (χ0) is 13.9. The summed E-state index contributed by atoms with van der Waals surface area (Å²) in [6.07, 6.45) is 3.69. The summed E-state index contributed by atoms with van der Waals surface area (Å²) in [6.45, 7) is 0.570. The first-order valence-corrected chi connectivity index (χ1v) is 8.34. The highest BCUT2D eigenvalue weighted by Crippen LogP contribution is 2.28. The summed E-state index contributed by atoms with van der Waals surface area (Å²) < 4.78 is 5.83. The molecule has 0 saturated carbocycles. The van der Waals surface area contributed by atoms with E-state index in [1.807, 2.05) is 18.2 Å². The van der Waals surface area contributed by atoms with Crippen LogP contribution >= 0.6 is 27.5 Å². The smallest absolute Gasteiger partial charge is 0.138 e. The van der Waals surface area contributed by atoms with Gasteiger partial charge in [0, 0.05) is 5.33 Å². The molecular weight excluding hydrogens is 336 g/mol. The lowest BCUT2D eigenvalue weighted by Gasteiger charge is -2.10. The van der Waals surface area contributed by atoms with Crippen LogP contribution in [0.1, 0.15) is 28.7 Å². The van der Waals surface area contributed by atoms with Crippen molar-refractivity contribution in [2.75, 3.05) is 0 Å². The van der Waals surface area contributed by atoms with Crippen molar-refractivity contribution in [1.29, 1.82) is 0 Å². The normalized spacial score (nSPS) is 13.3. The maximum atomic E-state index is 6.22. The van der Waals surface area contributed by atoms with Crippen LogP contribution in [-0.4, -0.2) is 0 Å². The molecule has 0 atom stereocenters. The second-order valence-electron chi connectivity index (χ2n) is 5.14. The average molecular weight is 352 g/mol. The zero-order valence-corrected chi connectivity index (χ0v) is 13.5. The molecule has 0 bridgehead atoms. The fourth-order valence-corrected chi connectivity index (χ4v) is 3.23. The molecule has 1 nitrogen and oxygen atoms in total. The van der Waals surface area contributed by atoms with Gasteiger partial charge < -0.3 is 4.74 Å². The number of rotatable bonds is 4. The van der Waals surface area contributed by atoms with Crippen molar-refractivity contribution in [2.45, 2.75) is 31.2 Å². The summed E-state index contributed by atoms with van der Waals surface area (Å²) in [6, 6.07) is 12.6. The topological polar surface area (TPSA) is 9.23 Å². The lowest BCUT2D eigenvalue weighted by molar-refractivity contribution is 0.306. The third-order valence-electron chi connectivity index (χ3n) is 3.71. The first kappa shape index (κ1) is 14.0. The van der Waals surface area contributed by atoms with Crippen LogP contribution in [0.2, 0.25) is 5.02 Å². The van der Waals surface area contributed by atoms with Crippen LogP contribution in [0.4, 0.5) is 0 Å². The van der Waals surface area contributed by atoms with Gasteiger partial charge in [0.2, 0.25) is 0 Å². The summed E-state index contributed by atoms with van der Waals surface area (Å²) in [7, 11) is 0. The van der Waals surface area contributed by atoms with Crippen molar-refractivity contribution in [3.63, 3.8) is 0 Å². The Morgan fingerprint density at radius 1 is 1.00 bits per heavy atom. The molecule has 3 heteroatoms. The van der Waals surface area contributed by atoms with Gasteiger partial charge in [-0.25, -0.2) is 0 Å². The molecule has 2 aromatic rings. The van der Waals surface area contributed by atoms with E-state index in [1.165, 1.54) is 36.0 Å². The number of benzene rings is 2. The number of alkyl halides is 1. The Bertz CT molecular complexity index is 624. The summed E-state index contributed by atoms with van der Waals surface area (Å²) in [5, 5.41) is 1.47. The highest BCUT2D eigenvalue weighted by atomic mass is 79.9. The molecule has 0 amide bonds. The number of ether oxygens (including phenoxy) is 1. The van der Waals surface area contributed by atoms with Crippen LogP contribution in [0.15, 0.2) is 36.4 Å². The van der Waals surface area contributed by atoms with E-state index in [0.29, 0.717) is 11.6 Å². The van der Waals surface area contributed by atoms with E-state index in [4.69, 9.17) is 16.3 Å². The molecule has 0 aliphatic heterocycles. The van der Waals surface area contributed by atoms with E-state index in [9.17, 15) is 0 Å². The summed E-state index contributed by atoms with van der Waals surface area (Å²) in [5.41, 5.74) is 5.34. The molecule has 0 radical (unpaired) electrons. The summed E-state index contributed by atoms with van der Waals surface area (Å²) >= 11 is 9.64. The van der Waals surface area contributed by atoms with Crippen LogP contribution in [0.25, 0.3) is 0 Å². The monoisotopic (exact) mass is 350 g/mol. The van der Waals surface area contributed by atoms with Crippen LogP contribution in [0.5, 0.6) is 5.75 Å². The van der Waals surface area contributed by atoms with Gasteiger partial charge >= 0.3 is 0 Å². The maximum Gasteiger partial charge on any atom is 0.138 e. The molecule has 0 fully saturated rings. The molecule has 2 aromatic carbocycles. The fourth-order valence-electron chi connectivity index (χ4n) is 2.62. The van der Waals surface area contributed by atoms with Gasteiger partial charge in [0.05, 0.1) is 5.02 Å². The molecule has 0 spiro atoms. The van der Waals surface area contributed by atoms with Gasteiger partial charge in [0.25, 0.3) is 0 Å². The molecule has 1 aliphatic carbocycles. The van der Waals surface area contributed by atoms with E-state index >= 15 is 0 Å². The number of hydrogen-bond donors (Lipinski definition) is 0. The Labute approximate surface area is 133 Å². The van der Waals surface area contributed by atoms with Gasteiger partial charge in [-0.2, -0.15) is 0 Å². The van der Waals surface area contributed by atoms with E-state index in [-0.39, 0.29) is 0 Å². The van der Waals surface area contributed by atoms with Crippen molar-refractivity contribution in [1.82, 2.24) is 0 Å². The largest absolute Gasteiger partial charge is 0.487 e. The quantitative estimate of drug-likeness (QED) is 0.679. The highest BCUT2D eigenvalue weighted by molar-refractivity contribution is 9.08. The molecule has 0 saturated heterocycles. The molecule has 104 valence electrons. The summed E-state index contributed by atoms with van der Waals surface area (Å²) in [4.78, 5) is 0. The van der Waals surface area contributed by atoms with Crippen molar-refractivity contribution < 1.29 is 4.74 Å². The second kappa shape index (κ2) is 6.19. The molecule has 1 aliphatic rings. The lowest BCUT2D eigenvalue weighted by Crippen LogP contribution is -1.97. The van der Waals surface area contributed by atoms with Gasteiger partial charge in [-0.05, 0) is 53.6 Å². The zero-order valence-electron chi connectivity index (χ0n) is 11.2. The minimum atomic E-state index is 0.570. The maximum absolute atomic E-state index is 6.22. The van der Waals surface area contributed by atoms with Crippen molar-refractivity contribution >= 4 is 27.5 Å². The van der Waals surface area contributed by atoms with Crippen LogP contribution in [0, 0.1) is 0 Å². The molecule has 0 aromatic heterocycles. The van der Waals surface area contributed by atoms with Gasteiger partial charge in [-0.15, -0.1) is 0 Å². The highest BCUT2D eigenvalue weighted by Gasteiger charge is 2.11. The van der Waals surface area contributed by atoms with Crippen molar-refractivity contribution in [3.8, 4) is 5.75 Å². The molecule has 0 N–H and O–H groups in total. The molecule has 0 heterocycles. The SMILES string of the molecule is Clc1cc(CBr)ccc1OCc1ccc2c(c1)CCC2. The second-order valence-corrected chi connectivity index (χ2v) is 6.11. The third kappa shape index (κ3) is 3.02. The van der Waals surface area contributed by atoms with Crippen molar-refractivity contribution in [2.24, 2.45) is 0 Å². The number of hydrogen-bond acceptors (Lipinski definition) is 1. The summed E-state index contributed by atoms with van der Waals surface area (Å²) in [5.74, 6) is 0.747. The van der Waals surface area contributed by atoms with Crippen LogP contribution in [0.3, 0.4) is 0 Å². The van der Waals surface area contributed by atoms with Crippen molar-refractivity contribution in [3.05, 3.63) is 63.7 Å². The first-order valence-electron chi connectivity index (χ1n) is 6.84. The Balaban J connectivity index is 1.70. The Morgan fingerprint density at radius 2 is 1.80 bits per heavy atom. The average Bonchev–Trinajstić information content (AvgIpc) is 2.93. The number of halogens is 2.